The van der Waals surface area contributed by atoms with Gasteiger partial charge in [0.1, 0.15) is 5.54 Å². The standard InChI is InChI=1S/C12H18N4O3/c1-8-9(7-15(3)14-8)13-11(19)16-6-4-5-12(16,2)10(17)18/h7H,4-6H2,1-3H3,(H,13,19)(H,17,18). The summed E-state index contributed by atoms with van der Waals surface area (Å²) in [4.78, 5) is 24.9. The number of hydrogen-bond acceptors (Lipinski definition) is 3. The average molecular weight is 266 g/mol. The number of carboxylic acids is 1. The summed E-state index contributed by atoms with van der Waals surface area (Å²) in [5.74, 6) is -0.969. The lowest BCUT2D eigenvalue weighted by molar-refractivity contribution is -0.146. The summed E-state index contributed by atoms with van der Waals surface area (Å²) in [6.07, 6.45) is 2.87. The first-order valence-electron chi connectivity index (χ1n) is 6.17. The number of hydrogen-bond donors (Lipinski definition) is 2. The summed E-state index contributed by atoms with van der Waals surface area (Å²) in [6, 6.07) is -0.390. The van der Waals surface area contributed by atoms with Gasteiger partial charge in [0.25, 0.3) is 0 Å². The molecule has 1 aliphatic heterocycles. The molecule has 0 saturated carbocycles. The lowest BCUT2D eigenvalue weighted by Gasteiger charge is -2.31. The SMILES string of the molecule is Cc1nn(C)cc1NC(=O)N1CCCC1(C)C(=O)O. The number of carbonyl (C=O) groups excluding carboxylic acids is 1. The van der Waals surface area contributed by atoms with Gasteiger partial charge in [0.05, 0.1) is 11.4 Å². The second kappa shape index (κ2) is 4.56. The molecule has 0 aliphatic carbocycles. The molecule has 2 amide bonds. The number of carboxylic acid groups (broad SMARTS) is 1. The third-order valence-electron chi connectivity index (χ3n) is 3.60. The van der Waals surface area contributed by atoms with E-state index in [-0.39, 0.29) is 0 Å². The van der Waals surface area contributed by atoms with E-state index in [0.717, 1.165) is 0 Å². The third kappa shape index (κ3) is 2.27. The minimum Gasteiger partial charge on any atom is -0.480 e. The van der Waals surface area contributed by atoms with Crippen LogP contribution in [-0.4, -0.2) is 43.9 Å². The molecule has 0 aromatic carbocycles. The van der Waals surface area contributed by atoms with Crippen LogP contribution in [0, 0.1) is 6.92 Å². The number of carbonyl (C=O) groups is 2. The molecule has 7 nitrogen and oxygen atoms in total. The van der Waals surface area contributed by atoms with Crippen LogP contribution >= 0.6 is 0 Å². The molecule has 2 N–H and O–H groups in total. The number of urea groups is 1. The van der Waals surface area contributed by atoms with Gasteiger partial charge in [-0.25, -0.2) is 9.59 Å². The van der Waals surface area contributed by atoms with Crippen LogP contribution in [0.3, 0.4) is 0 Å². The van der Waals surface area contributed by atoms with Gasteiger partial charge >= 0.3 is 12.0 Å². The van der Waals surface area contributed by atoms with E-state index in [2.05, 4.69) is 10.4 Å². The first-order valence-corrected chi connectivity index (χ1v) is 6.17. The fourth-order valence-corrected chi connectivity index (χ4v) is 2.42. The minimum atomic E-state index is -1.12. The highest BCUT2D eigenvalue weighted by atomic mass is 16.4. The number of rotatable bonds is 2. The summed E-state index contributed by atoms with van der Waals surface area (Å²) in [5.41, 5.74) is 0.180. The molecule has 2 rings (SSSR count). The third-order valence-corrected chi connectivity index (χ3v) is 3.60. The smallest absolute Gasteiger partial charge is 0.329 e. The van der Waals surface area contributed by atoms with E-state index in [1.807, 2.05) is 0 Å². The summed E-state index contributed by atoms with van der Waals surface area (Å²) in [6.45, 7) is 3.82. The Labute approximate surface area is 111 Å². The topological polar surface area (TPSA) is 87.5 Å². The quantitative estimate of drug-likeness (QED) is 0.842. The van der Waals surface area contributed by atoms with Gasteiger partial charge in [-0.1, -0.05) is 0 Å². The number of aromatic nitrogens is 2. The highest BCUT2D eigenvalue weighted by molar-refractivity contribution is 5.94. The Balaban J connectivity index is 2.16. The van der Waals surface area contributed by atoms with Crippen molar-refractivity contribution in [2.75, 3.05) is 11.9 Å². The number of nitrogens with one attached hydrogen (secondary N) is 1. The maximum atomic E-state index is 12.2. The molecule has 1 aromatic heterocycles. The van der Waals surface area contributed by atoms with Crippen molar-refractivity contribution < 1.29 is 14.7 Å². The normalized spacial score (nSPS) is 22.6. The molecule has 104 valence electrons. The Morgan fingerprint density at radius 1 is 1.53 bits per heavy atom. The summed E-state index contributed by atoms with van der Waals surface area (Å²) >= 11 is 0. The predicted octanol–water partition coefficient (Wildman–Crippen LogP) is 1.20. The van der Waals surface area contributed by atoms with Crippen LogP contribution in [0.1, 0.15) is 25.5 Å². The van der Waals surface area contributed by atoms with Crippen LogP contribution in [-0.2, 0) is 11.8 Å². The van der Waals surface area contributed by atoms with E-state index in [4.69, 9.17) is 0 Å². The van der Waals surface area contributed by atoms with Crippen LogP contribution in [0.15, 0.2) is 6.20 Å². The zero-order valence-corrected chi connectivity index (χ0v) is 11.3. The lowest BCUT2D eigenvalue weighted by Crippen LogP contribution is -2.52. The van der Waals surface area contributed by atoms with Gasteiger partial charge in [-0.2, -0.15) is 5.10 Å². The van der Waals surface area contributed by atoms with Crippen molar-refractivity contribution in [2.45, 2.75) is 32.2 Å². The molecule has 0 bridgehead atoms. The predicted molar refractivity (Wildman–Crippen MR) is 68.9 cm³/mol. The van der Waals surface area contributed by atoms with E-state index in [9.17, 15) is 14.7 Å². The Kier molecular flexibility index (Phi) is 3.21. The van der Waals surface area contributed by atoms with E-state index >= 15 is 0 Å². The van der Waals surface area contributed by atoms with E-state index in [1.54, 1.807) is 31.8 Å². The number of likely N-dealkylation sites (tertiary alicyclic amines) is 1. The Bertz CT molecular complexity index is 525. The van der Waals surface area contributed by atoms with Gasteiger partial charge in [0, 0.05) is 19.8 Å². The highest BCUT2D eigenvalue weighted by Gasteiger charge is 2.46. The van der Waals surface area contributed by atoms with Crippen molar-refractivity contribution in [3.63, 3.8) is 0 Å². The number of amides is 2. The molecular weight excluding hydrogens is 248 g/mol. The first-order chi connectivity index (χ1) is 8.84. The van der Waals surface area contributed by atoms with Crippen LogP contribution in [0.5, 0.6) is 0 Å². The maximum absolute atomic E-state index is 12.2. The van der Waals surface area contributed by atoms with Crippen molar-refractivity contribution in [3.05, 3.63) is 11.9 Å². The molecular formula is C12H18N4O3. The molecule has 0 spiro atoms. The maximum Gasteiger partial charge on any atom is 0.329 e. The summed E-state index contributed by atoms with van der Waals surface area (Å²) < 4.78 is 1.60. The summed E-state index contributed by atoms with van der Waals surface area (Å²) in [7, 11) is 1.76. The fourth-order valence-electron chi connectivity index (χ4n) is 2.42. The zero-order valence-electron chi connectivity index (χ0n) is 11.3. The monoisotopic (exact) mass is 266 g/mol. The van der Waals surface area contributed by atoms with Crippen LogP contribution in [0.4, 0.5) is 10.5 Å². The second-order valence-electron chi connectivity index (χ2n) is 5.07. The molecule has 1 atom stereocenters. The van der Waals surface area contributed by atoms with Crippen molar-refractivity contribution in [1.82, 2.24) is 14.7 Å². The van der Waals surface area contributed by atoms with Crippen molar-refractivity contribution in [2.24, 2.45) is 7.05 Å². The molecule has 2 heterocycles. The molecule has 1 fully saturated rings. The molecule has 1 aromatic rings. The lowest BCUT2D eigenvalue weighted by atomic mass is 10.00. The van der Waals surface area contributed by atoms with Gasteiger partial charge in [-0.05, 0) is 26.7 Å². The number of nitrogens with zero attached hydrogens (tertiary/aromatic N) is 3. The van der Waals surface area contributed by atoms with Crippen LogP contribution in [0.25, 0.3) is 0 Å². The molecule has 0 radical (unpaired) electrons. The zero-order chi connectivity index (χ0) is 14.2. The Hall–Kier alpha value is -2.05. The van der Waals surface area contributed by atoms with E-state index in [0.29, 0.717) is 30.8 Å². The van der Waals surface area contributed by atoms with Crippen molar-refractivity contribution in [1.29, 1.82) is 0 Å². The van der Waals surface area contributed by atoms with Crippen molar-refractivity contribution >= 4 is 17.7 Å². The van der Waals surface area contributed by atoms with Crippen molar-refractivity contribution in [3.8, 4) is 0 Å². The largest absolute Gasteiger partial charge is 0.480 e. The van der Waals surface area contributed by atoms with Gasteiger partial charge in [0.2, 0.25) is 0 Å². The second-order valence-corrected chi connectivity index (χ2v) is 5.07. The van der Waals surface area contributed by atoms with E-state index < -0.39 is 17.5 Å². The first kappa shape index (κ1) is 13.4. The Morgan fingerprint density at radius 3 is 2.74 bits per heavy atom. The minimum absolute atomic E-state index is 0.390. The van der Waals surface area contributed by atoms with Crippen LogP contribution < -0.4 is 5.32 Å². The molecule has 7 heteroatoms. The summed E-state index contributed by atoms with van der Waals surface area (Å²) in [5, 5.41) is 16.1. The number of aryl methyl sites for hydroxylation is 2. The highest BCUT2D eigenvalue weighted by Crippen LogP contribution is 2.30. The molecule has 19 heavy (non-hydrogen) atoms. The number of anilines is 1. The fraction of sp³-hybridized carbons (Fsp3) is 0.583. The Morgan fingerprint density at radius 2 is 2.21 bits per heavy atom. The van der Waals surface area contributed by atoms with Gasteiger partial charge in [-0.3, -0.25) is 4.68 Å². The van der Waals surface area contributed by atoms with Crippen LogP contribution in [0.2, 0.25) is 0 Å². The van der Waals surface area contributed by atoms with E-state index in [1.165, 1.54) is 4.90 Å². The van der Waals surface area contributed by atoms with Gasteiger partial charge < -0.3 is 15.3 Å². The molecule has 1 aliphatic rings. The molecule has 1 saturated heterocycles. The van der Waals surface area contributed by atoms with Gasteiger partial charge in [-0.15, -0.1) is 0 Å². The number of aliphatic carboxylic acids is 1. The average Bonchev–Trinajstić information content (AvgIpc) is 2.84. The molecule has 1 unspecified atom stereocenters. The van der Waals surface area contributed by atoms with Gasteiger partial charge in [0.15, 0.2) is 0 Å².